The smallest absolute Gasteiger partial charge is 0.317 e. The molecule has 3 rings (SSSR count). The van der Waals surface area contributed by atoms with Crippen LogP contribution >= 0.6 is 0 Å². The molecule has 2 heterocycles. The summed E-state index contributed by atoms with van der Waals surface area (Å²) in [4.78, 5) is 41.0. The third kappa shape index (κ3) is 4.79. The molecule has 0 aliphatic carbocycles. The minimum atomic E-state index is -0.425. The molecule has 28 heavy (non-hydrogen) atoms. The maximum atomic E-state index is 14.3. The number of rotatable bonds is 5. The fourth-order valence-corrected chi connectivity index (χ4v) is 3.65. The van der Waals surface area contributed by atoms with Crippen LogP contribution in [0.1, 0.15) is 36.5 Å². The lowest BCUT2D eigenvalue weighted by molar-refractivity contribution is -0.129. The first kappa shape index (κ1) is 20.1. The van der Waals surface area contributed by atoms with Gasteiger partial charge in [0.25, 0.3) is 0 Å². The van der Waals surface area contributed by atoms with E-state index in [0.29, 0.717) is 50.4 Å². The van der Waals surface area contributed by atoms with Crippen LogP contribution in [0.25, 0.3) is 0 Å². The molecule has 2 aliphatic rings. The van der Waals surface area contributed by atoms with Gasteiger partial charge in [-0.3, -0.25) is 9.59 Å². The predicted octanol–water partition coefficient (Wildman–Crippen LogP) is 1.87. The molecule has 8 heteroatoms. The number of nitrogens with one attached hydrogen (secondary N) is 1. The van der Waals surface area contributed by atoms with E-state index in [1.165, 1.54) is 13.0 Å². The zero-order chi connectivity index (χ0) is 20.1. The highest BCUT2D eigenvalue weighted by Crippen LogP contribution is 2.22. The molecule has 2 aliphatic heterocycles. The van der Waals surface area contributed by atoms with Gasteiger partial charge in [-0.1, -0.05) is 0 Å². The number of ketones is 1. The van der Waals surface area contributed by atoms with Crippen molar-refractivity contribution in [1.82, 2.24) is 15.1 Å². The third-order valence-electron chi connectivity index (χ3n) is 5.34. The van der Waals surface area contributed by atoms with E-state index in [1.807, 2.05) is 9.80 Å². The van der Waals surface area contributed by atoms with Gasteiger partial charge in [0.05, 0.1) is 5.69 Å². The maximum Gasteiger partial charge on any atom is 0.317 e. The molecule has 3 amide bonds. The van der Waals surface area contributed by atoms with E-state index in [1.54, 1.807) is 17.0 Å². The Balaban J connectivity index is 1.43. The van der Waals surface area contributed by atoms with Crippen molar-refractivity contribution in [3.63, 3.8) is 0 Å². The van der Waals surface area contributed by atoms with Crippen LogP contribution < -0.4 is 10.2 Å². The van der Waals surface area contributed by atoms with Gasteiger partial charge in [-0.2, -0.15) is 0 Å². The van der Waals surface area contributed by atoms with E-state index >= 15 is 0 Å². The highest BCUT2D eigenvalue weighted by Gasteiger charge is 2.23. The van der Waals surface area contributed by atoms with Crippen molar-refractivity contribution in [3.05, 3.63) is 29.6 Å². The van der Waals surface area contributed by atoms with Crippen LogP contribution in [0.3, 0.4) is 0 Å². The van der Waals surface area contributed by atoms with E-state index < -0.39 is 5.82 Å². The maximum absolute atomic E-state index is 14.3. The summed E-state index contributed by atoms with van der Waals surface area (Å²) in [7, 11) is 0. The molecule has 0 atom stereocenters. The highest BCUT2D eigenvalue weighted by molar-refractivity contribution is 5.94. The first-order valence-corrected chi connectivity index (χ1v) is 9.81. The molecule has 7 nitrogen and oxygen atoms in total. The number of Topliss-reactive ketones (excluding diaryl/α,β-unsaturated/α-hetero) is 1. The Morgan fingerprint density at radius 1 is 1.00 bits per heavy atom. The number of anilines is 1. The lowest BCUT2D eigenvalue weighted by atomic mass is 10.1. The molecule has 1 aromatic rings. The Morgan fingerprint density at radius 3 is 2.29 bits per heavy atom. The van der Waals surface area contributed by atoms with Crippen LogP contribution in [-0.2, 0) is 4.79 Å². The summed E-state index contributed by atoms with van der Waals surface area (Å²) in [6.07, 6.45) is 2.43. The van der Waals surface area contributed by atoms with Crippen molar-refractivity contribution >= 4 is 23.4 Å². The number of nitrogens with zero attached hydrogens (tertiary/aromatic N) is 3. The van der Waals surface area contributed by atoms with Gasteiger partial charge in [-0.15, -0.1) is 0 Å². The standard InChI is InChI=1S/C20H27FN4O3/c1-15(26)16-4-5-18(17(21)14-16)23-10-12-25(13-11-23)20(28)22-7-6-19(27)24-8-2-3-9-24/h4-5,14H,2-3,6-13H2,1H3,(H,22,28). The van der Waals surface area contributed by atoms with E-state index in [2.05, 4.69) is 5.32 Å². The third-order valence-corrected chi connectivity index (χ3v) is 5.34. The molecule has 152 valence electrons. The van der Waals surface area contributed by atoms with Crippen LogP contribution in [0.5, 0.6) is 0 Å². The molecule has 1 aromatic carbocycles. The number of hydrogen-bond donors (Lipinski definition) is 1. The summed E-state index contributed by atoms with van der Waals surface area (Å²) < 4.78 is 14.3. The first-order valence-electron chi connectivity index (χ1n) is 9.81. The Labute approximate surface area is 164 Å². The van der Waals surface area contributed by atoms with Gasteiger partial charge in [0, 0.05) is 57.8 Å². The van der Waals surface area contributed by atoms with E-state index in [4.69, 9.17) is 0 Å². The first-order chi connectivity index (χ1) is 13.5. The number of halogens is 1. The second kappa shape index (κ2) is 9.03. The average molecular weight is 390 g/mol. The van der Waals surface area contributed by atoms with Crippen LogP contribution in [0.4, 0.5) is 14.9 Å². The van der Waals surface area contributed by atoms with E-state index in [9.17, 15) is 18.8 Å². The van der Waals surface area contributed by atoms with Crippen LogP contribution in [0.2, 0.25) is 0 Å². The Bertz CT molecular complexity index is 741. The van der Waals surface area contributed by atoms with Gasteiger partial charge in [0.1, 0.15) is 5.82 Å². The SMILES string of the molecule is CC(=O)c1ccc(N2CCN(C(=O)NCCC(=O)N3CCCC3)CC2)c(F)c1. The number of piperazine rings is 1. The van der Waals surface area contributed by atoms with Gasteiger partial charge in [-0.25, -0.2) is 9.18 Å². The van der Waals surface area contributed by atoms with Crippen molar-refractivity contribution in [2.24, 2.45) is 0 Å². The number of carbonyl (C=O) groups is 3. The molecular weight excluding hydrogens is 363 g/mol. The minimum absolute atomic E-state index is 0.0899. The topological polar surface area (TPSA) is 73.0 Å². The quantitative estimate of drug-likeness (QED) is 0.779. The summed E-state index contributed by atoms with van der Waals surface area (Å²) >= 11 is 0. The molecule has 0 unspecified atom stereocenters. The van der Waals surface area contributed by atoms with Gasteiger partial charge < -0.3 is 20.0 Å². The molecule has 0 bridgehead atoms. The number of benzene rings is 1. The van der Waals surface area contributed by atoms with Gasteiger partial charge >= 0.3 is 6.03 Å². The van der Waals surface area contributed by atoms with Gasteiger partial charge in [0.15, 0.2) is 5.78 Å². The minimum Gasteiger partial charge on any atom is -0.366 e. The van der Waals surface area contributed by atoms with Crippen LogP contribution in [0, 0.1) is 5.82 Å². The molecule has 0 aromatic heterocycles. The second-order valence-corrected chi connectivity index (χ2v) is 7.27. The Kier molecular flexibility index (Phi) is 6.49. The van der Waals surface area contributed by atoms with Crippen LogP contribution in [-0.4, -0.2) is 73.3 Å². The zero-order valence-corrected chi connectivity index (χ0v) is 16.2. The monoisotopic (exact) mass is 390 g/mol. The molecule has 0 saturated carbocycles. The van der Waals surface area contributed by atoms with Crippen molar-refractivity contribution in [3.8, 4) is 0 Å². The largest absolute Gasteiger partial charge is 0.366 e. The van der Waals surface area contributed by atoms with Crippen LogP contribution in [0.15, 0.2) is 18.2 Å². The highest BCUT2D eigenvalue weighted by atomic mass is 19.1. The summed E-state index contributed by atoms with van der Waals surface area (Å²) in [6, 6.07) is 4.30. The molecule has 0 radical (unpaired) electrons. The van der Waals surface area contributed by atoms with E-state index in [0.717, 1.165) is 25.9 Å². The summed E-state index contributed by atoms with van der Waals surface area (Å²) in [5.74, 6) is -0.506. The molecule has 2 saturated heterocycles. The lowest BCUT2D eigenvalue weighted by Crippen LogP contribution is -2.52. The number of carbonyl (C=O) groups excluding carboxylic acids is 3. The van der Waals surface area contributed by atoms with Crippen molar-refractivity contribution in [2.45, 2.75) is 26.2 Å². The summed E-state index contributed by atoms with van der Waals surface area (Å²) in [6.45, 7) is 5.34. The molecule has 0 spiro atoms. The zero-order valence-electron chi connectivity index (χ0n) is 16.2. The summed E-state index contributed by atoms with van der Waals surface area (Å²) in [5.41, 5.74) is 0.795. The second-order valence-electron chi connectivity index (χ2n) is 7.27. The summed E-state index contributed by atoms with van der Waals surface area (Å²) in [5, 5.41) is 2.80. The predicted molar refractivity (Wildman–Crippen MR) is 104 cm³/mol. The normalized spacial score (nSPS) is 17.0. The Morgan fingerprint density at radius 2 is 1.68 bits per heavy atom. The fourth-order valence-electron chi connectivity index (χ4n) is 3.65. The van der Waals surface area contributed by atoms with Gasteiger partial charge in [-0.05, 0) is 38.0 Å². The molecule has 2 fully saturated rings. The molecule has 1 N–H and O–H groups in total. The van der Waals surface area contributed by atoms with Crippen molar-refractivity contribution in [2.75, 3.05) is 50.7 Å². The number of likely N-dealkylation sites (tertiary alicyclic amines) is 1. The fraction of sp³-hybridized carbons (Fsp3) is 0.550. The van der Waals surface area contributed by atoms with Crippen molar-refractivity contribution in [1.29, 1.82) is 0 Å². The number of amides is 3. The number of urea groups is 1. The van der Waals surface area contributed by atoms with E-state index in [-0.39, 0.29) is 17.7 Å². The number of hydrogen-bond acceptors (Lipinski definition) is 4. The lowest BCUT2D eigenvalue weighted by Gasteiger charge is -2.36. The van der Waals surface area contributed by atoms with Gasteiger partial charge in [0.2, 0.25) is 5.91 Å². The Hall–Kier alpha value is -2.64. The average Bonchev–Trinajstić information content (AvgIpc) is 3.23. The van der Waals surface area contributed by atoms with Crippen molar-refractivity contribution < 1.29 is 18.8 Å². The molecular formula is C20H27FN4O3.